The van der Waals surface area contributed by atoms with Crippen LogP contribution in [0, 0.1) is 11.7 Å². The molecule has 0 aromatic heterocycles. The van der Waals surface area contributed by atoms with Crippen LogP contribution in [0.5, 0.6) is 0 Å². The summed E-state index contributed by atoms with van der Waals surface area (Å²) in [7, 11) is 0. The first kappa shape index (κ1) is 15.8. The number of amides is 1. The van der Waals surface area contributed by atoms with Crippen LogP contribution in [0.4, 0.5) is 23.2 Å². The number of carbonyl (C=O) groups excluding carboxylic acids is 1. The molecule has 1 amide bonds. The van der Waals surface area contributed by atoms with Gasteiger partial charge in [0.15, 0.2) is 0 Å². The van der Waals surface area contributed by atoms with Gasteiger partial charge in [-0.15, -0.1) is 0 Å². The Hall–Kier alpha value is -1.63. The van der Waals surface area contributed by atoms with Crippen molar-refractivity contribution in [3.05, 3.63) is 29.6 Å². The van der Waals surface area contributed by atoms with E-state index >= 15 is 0 Å². The van der Waals surface area contributed by atoms with Crippen molar-refractivity contribution in [2.45, 2.75) is 32.0 Å². The van der Waals surface area contributed by atoms with E-state index in [-0.39, 0.29) is 23.6 Å². The number of piperidine rings is 1. The van der Waals surface area contributed by atoms with E-state index in [4.69, 9.17) is 0 Å². The molecule has 1 saturated heterocycles. The standard InChI is InChI=1S/C14H16F4N2O/c1-8-6-9(4-5-19-8)13(21)20-10-2-3-12(15)11(7-10)14(16,17)18/h2-3,7-9,19H,4-6H2,1H3,(H,20,21)/t8-,9-/m0/s1. The van der Waals surface area contributed by atoms with Gasteiger partial charge in [0.1, 0.15) is 5.82 Å². The van der Waals surface area contributed by atoms with Crippen molar-refractivity contribution >= 4 is 11.6 Å². The van der Waals surface area contributed by atoms with Crippen LogP contribution in [-0.4, -0.2) is 18.5 Å². The molecule has 2 atom stereocenters. The summed E-state index contributed by atoms with van der Waals surface area (Å²) >= 11 is 0. The Morgan fingerprint density at radius 2 is 2.10 bits per heavy atom. The smallest absolute Gasteiger partial charge is 0.326 e. The van der Waals surface area contributed by atoms with Gasteiger partial charge in [0, 0.05) is 17.6 Å². The summed E-state index contributed by atoms with van der Waals surface area (Å²) in [4.78, 5) is 12.0. The van der Waals surface area contributed by atoms with Crippen LogP contribution < -0.4 is 10.6 Å². The number of hydrogen-bond acceptors (Lipinski definition) is 2. The second kappa shape index (κ2) is 6.01. The fraction of sp³-hybridized carbons (Fsp3) is 0.500. The molecule has 116 valence electrons. The second-order valence-electron chi connectivity index (χ2n) is 5.26. The molecule has 1 aromatic carbocycles. The van der Waals surface area contributed by atoms with Gasteiger partial charge < -0.3 is 10.6 Å². The largest absolute Gasteiger partial charge is 0.419 e. The number of alkyl halides is 3. The molecular formula is C14H16F4N2O. The van der Waals surface area contributed by atoms with Gasteiger partial charge in [-0.3, -0.25) is 4.79 Å². The van der Waals surface area contributed by atoms with Gasteiger partial charge in [-0.1, -0.05) is 0 Å². The first-order valence-electron chi connectivity index (χ1n) is 6.68. The molecule has 1 aliphatic rings. The number of halogens is 4. The Morgan fingerprint density at radius 3 is 2.71 bits per heavy atom. The van der Waals surface area contributed by atoms with Crippen LogP contribution in [0.15, 0.2) is 18.2 Å². The van der Waals surface area contributed by atoms with Crippen molar-refractivity contribution in [1.29, 1.82) is 0 Å². The highest BCUT2D eigenvalue weighted by molar-refractivity contribution is 5.92. The molecule has 1 fully saturated rings. The molecule has 1 heterocycles. The van der Waals surface area contributed by atoms with Gasteiger partial charge in [0.05, 0.1) is 5.56 Å². The topological polar surface area (TPSA) is 41.1 Å². The van der Waals surface area contributed by atoms with Crippen molar-refractivity contribution < 1.29 is 22.4 Å². The number of carbonyl (C=O) groups is 1. The number of rotatable bonds is 2. The number of anilines is 1. The lowest BCUT2D eigenvalue weighted by Crippen LogP contribution is -2.40. The summed E-state index contributed by atoms with van der Waals surface area (Å²) in [5.41, 5.74) is -1.42. The molecule has 7 heteroatoms. The maximum absolute atomic E-state index is 13.2. The van der Waals surface area contributed by atoms with Crippen molar-refractivity contribution in [2.24, 2.45) is 5.92 Å². The van der Waals surface area contributed by atoms with Crippen LogP contribution in [-0.2, 0) is 11.0 Å². The van der Waals surface area contributed by atoms with E-state index < -0.39 is 17.6 Å². The molecule has 0 spiro atoms. The van der Waals surface area contributed by atoms with Crippen LogP contribution in [0.25, 0.3) is 0 Å². The van der Waals surface area contributed by atoms with Crippen LogP contribution in [0.3, 0.4) is 0 Å². The van der Waals surface area contributed by atoms with Crippen LogP contribution in [0.1, 0.15) is 25.3 Å². The Balaban J connectivity index is 2.11. The fourth-order valence-corrected chi connectivity index (χ4v) is 2.43. The lowest BCUT2D eigenvalue weighted by Gasteiger charge is -2.27. The van der Waals surface area contributed by atoms with E-state index in [2.05, 4.69) is 10.6 Å². The molecule has 0 radical (unpaired) electrons. The molecule has 0 aliphatic carbocycles. The number of benzene rings is 1. The Labute approximate surface area is 119 Å². The second-order valence-corrected chi connectivity index (χ2v) is 5.26. The Morgan fingerprint density at radius 1 is 1.38 bits per heavy atom. The third-order valence-electron chi connectivity index (χ3n) is 3.53. The van der Waals surface area contributed by atoms with Gasteiger partial charge in [0.2, 0.25) is 5.91 Å². The van der Waals surface area contributed by atoms with Crippen LogP contribution >= 0.6 is 0 Å². The highest BCUT2D eigenvalue weighted by atomic mass is 19.4. The van der Waals surface area contributed by atoms with Gasteiger partial charge >= 0.3 is 6.18 Å². The zero-order chi connectivity index (χ0) is 15.6. The quantitative estimate of drug-likeness (QED) is 0.824. The highest BCUT2D eigenvalue weighted by Crippen LogP contribution is 2.33. The minimum Gasteiger partial charge on any atom is -0.326 e. The predicted octanol–water partition coefficient (Wildman–Crippen LogP) is 3.17. The molecule has 2 rings (SSSR count). The average molecular weight is 304 g/mol. The maximum Gasteiger partial charge on any atom is 0.419 e. The van der Waals surface area contributed by atoms with Gasteiger partial charge in [0.25, 0.3) is 0 Å². The fourth-order valence-electron chi connectivity index (χ4n) is 2.43. The lowest BCUT2D eigenvalue weighted by molar-refractivity contribution is -0.140. The third-order valence-corrected chi connectivity index (χ3v) is 3.53. The molecule has 0 saturated carbocycles. The summed E-state index contributed by atoms with van der Waals surface area (Å²) in [6.07, 6.45) is -3.53. The first-order valence-corrected chi connectivity index (χ1v) is 6.68. The number of hydrogen-bond donors (Lipinski definition) is 2. The van der Waals surface area contributed by atoms with Crippen molar-refractivity contribution in [3.8, 4) is 0 Å². The summed E-state index contributed by atoms with van der Waals surface area (Å²) < 4.78 is 51.0. The first-order chi connectivity index (χ1) is 9.77. The minimum absolute atomic E-state index is 0.0417. The van der Waals surface area contributed by atoms with Crippen LogP contribution in [0.2, 0.25) is 0 Å². The maximum atomic E-state index is 13.2. The SMILES string of the molecule is C[C@H]1C[C@@H](C(=O)Nc2ccc(F)c(C(F)(F)F)c2)CCN1. The summed E-state index contributed by atoms with van der Waals surface area (Å²) in [6, 6.07) is 2.65. The van der Waals surface area contributed by atoms with Gasteiger partial charge in [-0.25, -0.2) is 4.39 Å². The monoisotopic (exact) mass is 304 g/mol. The molecular weight excluding hydrogens is 288 g/mol. The van der Waals surface area contributed by atoms with E-state index in [0.29, 0.717) is 31.5 Å². The Bertz CT molecular complexity index is 530. The molecule has 1 aromatic rings. The van der Waals surface area contributed by atoms with Crippen molar-refractivity contribution in [3.63, 3.8) is 0 Å². The normalized spacial score (nSPS) is 22.9. The third kappa shape index (κ3) is 3.93. The summed E-state index contributed by atoms with van der Waals surface area (Å²) in [6.45, 7) is 2.63. The lowest BCUT2D eigenvalue weighted by atomic mass is 9.92. The van der Waals surface area contributed by atoms with Crippen molar-refractivity contribution in [2.75, 3.05) is 11.9 Å². The molecule has 1 aliphatic heterocycles. The van der Waals surface area contributed by atoms with E-state index in [1.165, 1.54) is 0 Å². The minimum atomic E-state index is -4.78. The van der Waals surface area contributed by atoms with Gasteiger partial charge in [-0.2, -0.15) is 13.2 Å². The van der Waals surface area contributed by atoms with E-state index in [1.54, 1.807) is 0 Å². The molecule has 21 heavy (non-hydrogen) atoms. The predicted molar refractivity (Wildman–Crippen MR) is 70.2 cm³/mol. The zero-order valence-electron chi connectivity index (χ0n) is 11.4. The zero-order valence-corrected chi connectivity index (χ0v) is 11.4. The molecule has 0 bridgehead atoms. The number of nitrogens with one attached hydrogen (secondary N) is 2. The average Bonchev–Trinajstić information content (AvgIpc) is 2.39. The van der Waals surface area contributed by atoms with Crippen molar-refractivity contribution in [1.82, 2.24) is 5.32 Å². The van der Waals surface area contributed by atoms with Gasteiger partial charge in [-0.05, 0) is 44.5 Å². The molecule has 2 N–H and O–H groups in total. The van der Waals surface area contributed by atoms with E-state index in [9.17, 15) is 22.4 Å². The Kier molecular flexibility index (Phi) is 4.51. The summed E-state index contributed by atoms with van der Waals surface area (Å²) in [5, 5.41) is 5.63. The van der Waals surface area contributed by atoms with E-state index in [0.717, 1.165) is 6.07 Å². The van der Waals surface area contributed by atoms with E-state index in [1.807, 2.05) is 6.92 Å². The highest BCUT2D eigenvalue weighted by Gasteiger charge is 2.34. The summed E-state index contributed by atoms with van der Waals surface area (Å²) in [5.74, 6) is -1.93. The molecule has 0 unspecified atom stereocenters. The molecule has 3 nitrogen and oxygen atoms in total.